The summed E-state index contributed by atoms with van der Waals surface area (Å²) >= 11 is 0. The van der Waals surface area contributed by atoms with Crippen LogP contribution in [0, 0.1) is 11.3 Å². The molecule has 1 heterocycles. The maximum atomic E-state index is 14.1. The molecule has 1 atom stereocenters. The monoisotopic (exact) mass is 509 g/mol. The van der Waals surface area contributed by atoms with E-state index in [1.165, 1.54) is 5.56 Å². The molecule has 3 aromatic rings. The minimum Gasteiger partial charge on any atom is -0.493 e. The van der Waals surface area contributed by atoms with Gasteiger partial charge in [-0.2, -0.15) is 0 Å². The smallest absolute Gasteiger partial charge is 0.177 e. The first-order valence-corrected chi connectivity index (χ1v) is 13.4. The second-order valence-electron chi connectivity index (χ2n) is 10.5. The fourth-order valence-electron chi connectivity index (χ4n) is 5.99. The highest BCUT2D eigenvalue weighted by Crippen LogP contribution is 2.47. The first kappa shape index (κ1) is 25.9. The van der Waals surface area contributed by atoms with Crippen molar-refractivity contribution in [3.05, 3.63) is 101 Å². The number of benzene rings is 3. The van der Waals surface area contributed by atoms with Crippen molar-refractivity contribution in [2.24, 2.45) is 11.3 Å². The first-order chi connectivity index (χ1) is 18.5. The molecular weight excluding hydrogens is 474 g/mol. The average Bonchev–Trinajstić information content (AvgIpc) is 3.24. The van der Waals surface area contributed by atoms with Gasteiger partial charge in [0.2, 0.25) is 0 Å². The fourth-order valence-corrected chi connectivity index (χ4v) is 5.99. The fraction of sp³-hybridized carbons (Fsp3) is 0.333. The van der Waals surface area contributed by atoms with Crippen LogP contribution in [0.1, 0.15) is 46.3 Å². The molecule has 1 aliphatic heterocycles. The lowest BCUT2D eigenvalue weighted by atomic mass is 9.70. The zero-order valence-corrected chi connectivity index (χ0v) is 22.2. The Balaban J connectivity index is 1.38. The highest BCUT2D eigenvalue weighted by atomic mass is 16.5. The zero-order chi connectivity index (χ0) is 26.5. The topological polar surface area (TPSA) is 55.8 Å². The molecule has 0 radical (unpaired) electrons. The Morgan fingerprint density at radius 3 is 2.24 bits per heavy atom. The third-order valence-electron chi connectivity index (χ3n) is 8.07. The Morgan fingerprint density at radius 2 is 1.58 bits per heavy atom. The SMILES string of the molecule is COc1cc2c(cc1OC)C(=O)C(CC1CCN(Cc3ccccc3)CC1)(C(=O)/C=C/c1ccccc1)C2. The predicted molar refractivity (Wildman–Crippen MR) is 150 cm³/mol. The van der Waals surface area contributed by atoms with E-state index in [0.717, 1.165) is 43.6 Å². The summed E-state index contributed by atoms with van der Waals surface area (Å²) in [5.74, 6) is 1.18. The summed E-state index contributed by atoms with van der Waals surface area (Å²) in [5, 5.41) is 0. The second-order valence-corrected chi connectivity index (χ2v) is 10.5. The van der Waals surface area contributed by atoms with Crippen LogP contribution in [-0.2, 0) is 17.8 Å². The number of ketones is 2. The number of nitrogens with zero attached hydrogens (tertiary/aromatic N) is 1. The van der Waals surface area contributed by atoms with Gasteiger partial charge in [0.05, 0.1) is 14.2 Å². The van der Waals surface area contributed by atoms with Crippen molar-refractivity contribution in [2.75, 3.05) is 27.3 Å². The minimum absolute atomic E-state index is 0.0946. The van der Waals surface area contributed by atoms with Gasteiger partial charge in [0.1, 0.15) is 5.41 Å². The van der Waals surface area contributed by atoms with E-state index in [4.69, 9.17) is 9.47 Å². The molecule has 5 nitrogen and oxygen atoms in total. The summed E-state index contributed by atoms with van der Waals surface area (Å²) in [6.07, 6.45) is 6.33. The van der Waals surface area contributed by atoms with Crippen LogP contribution in [0.3, 0.4) is 0 Å². The highest BCUT2D eigenvalue weighted by molar-refractivity contribution is 6.21. The van der Waals surface area contributed by atoms with Crippen LogP contribution in [-0.4, -0.2) is 43.8 Å². The number of rotatable bonds is 9. The van der Waals surface area contributed by atoms with Crippen molar-refractivity contribution >= 4 is 17.6 Å². The van der Waals surface area contributed by atoms with E-state index < -0.39 is 5.41 Å². The van der Waals surface area contributed by atoms with Gasteiger partial charge < -0.3 is 9.47 Å². The van der Waals surface area contributed by atoms with Gasteiger partial charge in [-0.25, -0.2) is 0 Å². The number of hydrogen-bond donors (Lipinski definition) is 0. The number of likely N-dealkylation sites (tertiary alicyclic amines) is 1. The molecule has 196 valence electrons. The molecular formula is C33H35NO4. The summed E-state index contributed by atoms with van der Waals surface area (Å²) < 4.78 is 11.0. The number of methoxy groups -OCH3 is 2. The number of allylic oxidation sites excluding steroid dienone is 1. The van der Waals surface area contributed by atoms with Crippen LogP contribution in [0.15, 0.2) is 78.9 Å². The number of carbonyl (C=O) groups excluding carboxylic acids is 2. The number of fused-ring (bicyclic) bond motifs is 1. The van der Waals surface area contributed by atoms with Gasteiger partial charge in [-0.05, 0) is 79.6 Å². The number of piperidine rings is 1. The molecule has 0 bridgehead atoms. The van der Waals surface area contributed by atoms with E-state index in [-0.39, 0.29) is 11.6 Å². The summed E-state index contributed by atoms with van der Waals surface area (Å²) in [5.41, 5.74) is 2.59. The third-order valence-corrected chi connectivity index (χ3v) is 8.07. The molecule has 0 spiro atoms. The molecule has 5 rings (SSSR count). The molecule has 1 fully saturated rings. The lowest BCUT2D eigenvalue weighted by Crippen LogP contribution is -2.41. The van der Waals surface area contributed by atoms with Crippen LogP contribution in [0.5, 0.6) is 11.5 Å². The molecule has 1 unspecified atom stereocenters. The quantitative estimate of drug-likeness (QED) is 0.261. The van der Waals surface area contributed by atoms with Gasteiger partial charge in [0.25, 0.3) is 0 Å². The molecule has 5 heteroatoms. The largest absolute Gasteiger partial charge is 0.493 e. The molecule has 2 aliphatic rings. The first-order valence-electron chi connectivity index (χ1n) is 13.4. The number of Topliss-reactive ketones (excluding diaryl/α,β-unsaturated/α-hetero) is 1. The number of ether oxygens (including phenoxy) is 2. The Hall–Kier alpha value is -3.70. The maximum Gasteiger partial charge on any atom is 0.177 e. The van der Waals surface area contributed by atoms with Crippen LogP contribution < -0.4 is 9.47 Å². The number of carbonyl (C=O) groups is 2. The lowest BCUT2D eigenvalue weighted by molar-refractivity contribution is -0.122. The second kappa shape index (κ2) is 11.4. The van der Waals surface area contributed by atoms with Crippen LogP contribution in [0.4, 0.5) is 0 Å². The maximum absolute atomic E-state index is 14.1. The summed E-state index contributed by atoms with van der Waals surface area (Å²) in [6, 6.07) is 23.9. The van der Waals surface area contributed by atoms with Crippen molar-refractivity contribution in [1.29, 1.82) is 0 Å². The van der Waals surface area contributed by atoms with Crippen LogP contribution >= 0.6 is 0 Å². The van der Waals surface area contributed by atoms with E-state index in [1.807, 2.05) is 48.5 Å². The molecule has 1 aliphatic carbocycles. The van der Waals surface area contributed by atoms with E-state index >= 15 is 0 Å². The van der Waals surface area contributed by atoms with Crippen molar-refractivity contribution < 1.29 is 19.1 Å². The van der Waals surface area contributed by atoms with Gasteiger partial charge in [0, 0.05) is 12.1 Å². The predicted octanol–water partition coefficient (Wildman–Crippen LogP) is 6.01. The van der Waals surface area contributed by atoms with Crippen LogP contribution in [0.2, 0.25) is 0 Å². The van der Waals surface area contributed by atoms with Gasteiger partial charge in [-0.15, -0.1) is 0 Å². The van der Waals surface area contributed by atoms with Gasteiger partial charge >= 0.3 is 0 Å². The van der Waals surface area contributed by atoms with E-state index in [1.54, 1.807) is 26.4 Å². The molecule has 0 saturated carbocycles. The van der Waals surface area contributed by atoms with Gasteiger partial charge in [0.15, 0.2) is 23.1 Å². The Labute approximate surface area is 225 Å². The van der Waals surface area contributed by atoms with Crippen molar-refractivity contribution in [3.8, 4) is 11.5 Å². The lowest BCUT2D eigenvalue weighted by Gasteiger charge is -2.36. The van der Waals surface area contributed by atoms with Gasteiger partial charge in [-0.3, -0.25) is 14.5 Å². The van der Waals surface area contributed by atoms with Crippen molar-refractivity contribution in [1.82, 2.24) is 4.90 Å². The van der Waals surface area contributed by atoms with Crippen molar-refractivity contribution in [3.63, 3.8) is 0 Å². The van der Waals surface area contributed by atoms with E-state index in [0.29, 0.717) is 35.8 Å². The van der Waals surface area contributed by atoms with E-state index in [9.17, 15) is 9.59 Å². The third kappa shape index (κ3) is 5.30. The Bertz CT molecular complexity index is 1310. The molecule has 0 N–H and O–H groups in total. The van der Waals surface area contributed by atoms with Gasteiger partial charge in [-0.1, -0.05) is 66.7 Å². The number of hydrogen-bond acceptors (Lipinski definition) is 5. The summed E-state index contributed by atoms with van der Waals surface area (Å²) in [4.78, 5) is 30.5. The molecule has 1 saturated heterocycles. The zero-order valence-electron chi connectivity index (χ0n) is 22.2. The summed E-state index contributed by atoms with van der Waals surface area (Å²) in [7, 11) is 3.15. The summed E-state index contributed by atoms with van der Waals surface area (Å²) in [6.45, 7) is 2.86. The average molecular weight is 510 g/mol. The Kier molecular flexibility index (Phi) is 7.75. The van der Waals surface area contributed by atoms with Crippen LogP contribution in [0.25, 0.3) is 6.08 Å². The molecule has 3 aromatic carbocycles. The standard InChI is InChI=1S/C33H35NO4/c1-37-29-19-27-22-33(32(36)28(27)20-30(29)38-2,31(35)14-13-24-9-5-3-6-10-24)21-25-15-17-34(18-16-25)23-26-11-7-4-8-12-26/h3-14,19-20,25H,15-18,21-23H2,1-2H3/b14-13+. The van der Waals surface area contributed by atoms with Crippen molar-refractivity contribution in [2.45, 2.75) is 32.2 Å². The minimum atomic E-state index is -1.10. The normalized spacial score (nSPS) is 20.0. The highest BCUT2D eigenvalue weighted by Gasteiger charge is 2.51. The molecule has 38 heavy (non-hydrogen) atoms. The molecule has 0 aromatic heterocycles. The molecule has 0 amide bonds. The Morgan fingerprint density at radius 1 is 0.947 bits per heavy atom. The van der Waals surface area contributed by atoms with E-state index in [2.05, 4.69) is 29.2 Å².